The summed E-state index contributed by atoms with van der Waals surface area (Å²) in [5.74, 6) is -0.0133. The van der Waals surface area contributed by atoms with Crippen LogP contribution in [0, 0.1) is 5.41 Å². The summed E-state index contributed by atoms with van der Waals surface area (Å²) in [5.41, 5.74) is 5.40. The quantitative estimate of drug-likeness (QED) is 0.711. The molecule has 0 aromatic carbocycles. The molecule has 0 saturated heterocycles. The molecule has 1 atom stereocenters. The number of hydrogen-bond donors (Lipinski definition) is 2. The van der Waals surface area contributed by atoms with Crippen LogP contribution in [0.1, 0.15) is 80.1 Å². The van der Waals surface area contributed by atoms with Crippen molar-refractivity contribution in [3.8, 4) is 0 Å². The lowest BCUT2D eigenvalue weighted by molar-refractivity contribution is -0.123. The highest BCUT2D eigenvalue weighted by Gasteiger charge is 2.42. The summed E-state index contributed by atoms with van der Waals surface area (Å²) in [6.45, 7) is 11.2. The zero-order valence-corrected chi connectivity index (χ0v) is 17.1. The van der Waals surface area contributed by atoms with Crippen molar-refractivity contribution in [2.24, 2.45) is 11.1 Å². The first-order valence-electron chi connectivity index (χ1n) is 8.96. The van der Waals surface area contributed by atoms with E-state index in [0.717, 1.165) is 32.1 Å². The number of carbonyl (C=O) groups is 1. The Hall–Kier alpha value is -0.460. The highest BCUT2D eigenvalue weighted by Crippen LogP contribution is 2.33. The van der Waals surface area contributed by atoms with E-state index in [1.165, 1.54) is 0 Å². The van der Waals surface area contributed by atoms with E-state index in [1.54, 1.807) is 20.8 Å². The number of Topliss-reactive ketones (excluding diaryl/α,β-unsaturated/α-hetero) is 1. The van der Waals surface area contributed by atoms with E-state index in [0.29, 0.717) is 6.42 Å². The molecule has 0 amide bonds. The molecule has 0 aromatic rings. The highest BCUT2D eigenvalue weighted by molar-refractivity contribution is 7.92. The Kier molecular flexibility index (Phi) is 6.67. The summed E-state index contributed by atoms with van der Waals surface area (Å²) in [6.07, 6.45) is 4.10. The molecule has 1 aliphatic rings. The van der Waals surface area contributed by atoms with Gasteiger partial charge in [0.1, 0.15) is 6.17 Å². The van der Waals surface area contributed by atoms with E-state index >= 15 is 0 Å². The zero-order chi connectivity index (χ0) is 18.8. The lowest BCUT2D eigenvalue weighted by atomic mass is 9.82. The SMILES string of the molecule is CC(C)(C)CC(=O)C(N)NC1(CS(=O)(=O)C(C)(C)C)CCCCC1. The minimum Gasteiger partial charge on any atom is -0.310 e. The fraction of sp³-hybridized carbons (Fsp3) is 0.944. The van der Waals surface area contributed by atoms with Crippen molar-refractivity contribution in [1.29, 1.82) is 0 Å². The average Bonchev–Trinajstić information content (AvgIpc) is 2.35. The molecule has 142 valence electrons. The van der Waals surface area contributed by atoms with Gasteiger partial charge in [-0.1, -0.05) is 40.0 Å². The molecule has 5 nitrogen and oxygen atoms in total. The van der Waals surface area contributed by atoms with E-state index in [2.05, 4.69) is 5.32 Å². The number of nitrogens with one attached hydrogen (secondary N) is 1. The normalized spacial score (nSPS) is 20.6. The molecule has 1 aliphatic carbocycles. The van der Waals surface area contributed by atoms with Crippen LogP contribution >= 0.6 is 0 Å². The number of rotatable bonds is 6. The Labute approximate surface area is 148 Å². The second kappa shape index (κ2) is 7.42. The van der Waals surface area contributed by atoms with E-state index in [9.17, 15) is 13.2 Å². The largest absolute Gasteiger partial charge is 0.310 e. The Morgan fingerprint density at radius 1 is 1.08 bits per heavy atom. The van der Waals surface area contributed by atoms with Crippen molar-refractivity contribution in [3.63, 3.8) is 0 Å². The molecule has 0 aliphatic heterocycles. The molecular formula is C18H36N2O3S. The Balaban J connectivity index is 2.95. The van der Waals surface area contributed by atoms with Gasteiger partial charge in [-0.3, -0.25) is 10.1 Å². The topological polar surface area (TPSA) is 89.3 Å². The van der Waals surface area contributed by atoms with Crippen molar-refractivity contribution in [3.05, 3.63) is 0 Å². The summed E-state index contributed by atoms with van der Waals surface area (Å²) < 4.78 is 24.7. The summed E-state index contributed by atoms with van der Waals surface area (Å²) in [7, 11) is -3.29. The summed E-state index contributed by atoms with van der Waals surface area (Å²) in [4.78, 5) is 12.4. The number of carbonyl (C=O) groups excluding carboxylic acids is 1. The van der Waals surface area contributed by atoms with Gasteiger partial charge < -0.3 is 5.73 Å². The third-order valence-corrected chi connectivity index (χ3v) is 7.52. The molecule has 1 unspecified atom stereocenters. The van der Waals surface area contributed by atoms with Gasteiger partial charge in [0, 0.05) is 12.0 Å². The molecule has 24 heavy (non-hydrogen) atoms. The smallest absolute Gasteiger partial charge is 0.164 e. The fourth-order valence-electron chi connectivity index (χ4n) is 3.18. The molecule has 0 heterocycles. The van der Waals surface area contributed by atoms with Crippen LogP contribution in [0.15, 0.2) is 0 Å². The van der Waals surface area contributed by atoms with E-state index < -0.39 is 26.3 Å². The first-order chi connectivity index (χ1) is 10.7. The van der Waals surface area contributed by atoms with Crippen LogP contribution in [0.4, 0.5) is 0 Å². The minimum atomic E-state index is -3.29. The number of ketones is 1. The van der Waals surface area contributed by atoms with E-state index in [1.807, 2.05) is 20.8 Å². The van der Waals surface area contributed by atoms with Gasteiger partial charge >= 0.3 is 0 Å². The predicted octanol–water partition coefficient (Wildman–Crippen LogP) is 2.78. The predicted molar refractivity (Wildman–Crippen MR) is 99.5 cm³/mol. The van der Waals surface area contributed by atoms with Crippen LogP contribution in [-0.2, 0) is 14.6 Å². The minimum absolute atomic E-state index is 0.0417. The monoisotopic (exact) mass is 360 g/mol. The third-order valence-electron chi connectivity index (χ3n) is 4.72. The Bertz CT molecular complexity index is 536. The van der Waals surface area contributed by atoms with Gasteiger partial charge in [-0.25, -0.2) is 8.42 Å². The van der Waals surface area contributed by atoms with Gasteiger partial charge in [0.25, 0.3) is 0 Å². The lowest BCUT2D eigenvalue weighted by Crippen LogP contribution is -2.61. The van der Waals surface area contributed by atoms with E-state index in [-0.39, 0.29) is 17.0 Å². The molecule has 0 radical (unpaired) electrons. The van der Waals surface area contributed by atoms with Crippen LogP contribution in [0.2, 0.25) is 0 Å². The number of nitrogens with two attached hydrogens (primary N) is 1. The summed E-state index contributed by atoms with van der Waals surface area (Å²) >= 11 is 0. The van der Waals surface area contributed by atoms with E-state index in [4.69, 9.17) is 5.73 Å². The van der Waals surface area contributed by atoms with Gasteiger partial charge in [0.15, 0.2) is 15.6 Å². The van der Waals surface area contributed by atoms with Gasteiger partial charge in [-0.15, -0.1) is 0 Å². The third kappa shape index (κ3) is 6.12. The molecule has 0 spiro atoms. The zero-order valence-electron chi connectivity index (χ0n) is 16.2. The molecule has 0 bridgehead atoms. The molecule has 1 rings (SSSR count). The van der Waals surface area contributed by atoms with Gasteiger partial charge in [-0.2, -0.15) is 0 Å². The van der Waals surface area contributed by atoms with Crippen LogP contribution in [0.5, 0.6) is 0 Å². The second-order valence-electron chi connectivity index (χ2n) is 9.54. The number of hydrogen-bond acceptors (Lipinski definition) is 5. The molecule has 3 N–H and O–H groups in total. The molecule has 1 fully saturated rings. The summed E-state index contributed by atoms with van der Waals surface area (Å²) in [6, 6.07) is 0. The maximum Gasteiger partial charge on any atom is 0.164 e. The Morgan fingerprint density at radius 2 is 1.58 bits per heavy atom. The standard InChI is InChI=1S/C18H36N2O3S/c1-16(2,3)12-14(21)15(19)20-18(10-8-7-9-11-18)13-24(22,23)17(4,5)6/h15,20H,7-13,19H2,1-6H3. The van der Waals surface area contributed by atoms with Gasteiger partial charge in [0.2, 0.25) is 0 Å². The first-order valence-corrected chi connectivity index (χ1v) is 10.6. The van der Waals surface area contributed by atoms with Crippen molar-refractivity contribution in [2.45, 2.75) is 96.5 Å². The molecular weight excluding hydrogens is 324 g/mol. The van der Waals surface area contributed by atoms with Crippen molar-refractivity contribution >= 4 is 15.6 Å². The van der Waals surface area contributed by atoms with Crippen molar-refractivity contribution < 1.29 is 13.2 Å². The van der Waals surface area contributed by atoms with Crippen LogP contribution in [0.3, 0.4) is 0 Å². The van der Waals surface area contributed by atoms with Gasteiger partial charge in [0.05, 0.1) is 10.5 Å². The number of sulfone groups is 1. The lowest BCUT2D eigenvalue weighted by Gasteiger charge is -2.41. The summed E-state index contributed by atoms with van der Waals surface area (Å²) in [5, 5.41) is 3.23. The average molecular weight is 361 g/mol. The van der Waals surface area contributed by atoms with Crippen molar-refractivity contribution in [1.82, 2.24) is 5.32 Å². The van der Waals surface area contributed by atoms with Gasteiger partial charge in [-0.05, 0) is 39.0 Å². The molecule has 1 saturated carbocycles. The van der Waals surface area contributed by atoms with Crippen LogP contribution in [0.25, 0.3) is 0 Å². The fourth-order valence-corrected chi connectivity index (χ4v) is 4.71. The molecule has 6 heteroatoms. The van der Waals surface area contributed by atoms with Crippen molar-refractivity contribution in [2.75, 3.05) is 5.75 Å². The maximum absolute atomic E-state index is 12.7. The maximum atomic E-state index is 12.7. The molecule has 0 aromatic heterocycles. The Morgan fingerprint density at radius 3 is 2.00 bits per heavy atom. The van der Waals surface area contributed by atoms with Crippen LogP contribution in [-0.4, -0.2) is 36.4 Å². The first kappa shape index (κ1) is 21.6. The highest BCUT2D eigenvalue weighted by atomic mass is 32.2. The second-order valence-corrected chi connectivity index (χ2v) is 12.3. The van der Waals surface area contributed by atoms with Crippen LogP contribution < -0.4 is 11.1 Å².